The predicted molar refractivity (Wildman–Crippen MR) is 77.1 cm³/mol. The molecule has 1 aromatic heterocycles. The van der Waals surface area contributed by atoms with E-state index < -0.39 is 0 Å². The fourth-order valence-electron chi connectivity index (χ4n) is 2.93. The molecule has 0 spiro atoms. The number of hydrogen-bond donors (Lipinski definition) is 2. The summed E-state index contributed by atoms with van der Waals surface area (Å²) in [7, 11) is 0. The van der Waals surface area contributed by atoms with E-state index >= 15 is 0 Å². The second-order valence-electron chi connectivity index (χ2n) is 6.59. The SMILES string of the molecule is CC1(C)C[C@@H](O)CCN(C(=O)CCCc2cn[nH]c2)C1. The van der Waals surface area contributed by atoms with Gasteiger partial charge in [-0.05, 0) is 36.7 Å². The number of aliphatic hydroxyl groups is 1. The van der Waals surface area contributed by atoms with Gasteiger partial charge in [0.15, 0.2) is 0 Å². The molecule has 1 aliphatic rings. The van der Waals surface area contributed by atoms with Crippen molar-refractivity contribution >= 4 is 5.91 Å². The third-order valence-corrected chi connectivity index (χ3v) is 3.90. The van der Waals surface area contributed by atoms with Gasteiger partial charge in [-0.2, -0.15) is 5.10 Å². The van der Waals surface area contributed by atoms with Gasteiger partial charge in [0.2, 0.25) is 5.91 Å². The van der Waals surface area contributed by atoms with Crippen molar-refractivity contribution in [2.45, 2.75) is 52.1 Å². The molecule has 0 bridgehead atoms. The van der Waals surface area contributed by atoms with E-state index in [4.69, 9.17) is 0 Å². The maximum absolute atomic E-state index is 12.3. The minimum absolute atomic E-state index is 0.00383. The summed E-state index contributed by atoms with van der Waals surface area (Å²) >= 11 is 0. The summed E-state index contributed by atoms with van der Waals surface area (Å²) in [5, 5.41) is 16.6. The zero-order chi connectivity index (χ0) is 14.6. The average molecular weight is 279 g/mol. The lowest BCUT2D eigenvalue weighted by molar-refractivity contribution is -0.132. The Morgan fingerprint density at radius 1 is 1.60 bits per heavy atom. The van der Waals surface area contributed by atoms with Gasteiger partial charge in [-0.3, -0.25) is 9.89 Å². The molecule has 2 N–H and O–H groups in total. The summed E-state index contributed by atoms with van der Waals surface area (Å²) < 4.78 is 0. The van der Waals surface area contributed by atoms with Crippen LogP contribution in [0.2, 0.25) is 0 Å². The van der Waals surface area contributed by atoms with Gasteiger partial charge in [0.25, 0.3) is 0 Å². The van der Waals surface area contributed by atoms with Gasteiger partial charge in [0, 0.05) is 25.7 Å². The highest BCUT2D eigenvalue weighted by Gasteiger charge is 2.30. The lowest BCUT2D eigenvalue weighted by Gasteiger charge is -2.29. The molecule has 1 aliphatic heterocycles. The molecule has 2 rings (SSSR count). The van der Waals surface area contributed by atoms with Crippen LogP contribution in [-0.2, 0) is 11.2 Å². The van der Waals surface area contributed by atoms with Crippen LogP contribution in [-0.4, -0.2) is 45.3 Å². The predicted octanol–water partition coefficient (Wildman–Crippen LogP) is 1.74. The van der Waals surface area contributed by atoms with Crippen LogP contribution in [0.5, 0.6) is 0 Å². The summed E-state index contributed by atoms with van der Waals surface area (Å²) in [5.41, 5.74) is 1.14. The number of carbonyl (C=O) groups is 1. The van der Waals surface area contributed by atoms with Crippen molar-refractivity contribution in [2.75, 3.05) is 13.1 Å². The van der Waals surface area contributed by atoms with Crippen molar-refractivity contribution in [3.63, 3.8) is 0 Å². The maximum Gasteiger partial charge on any atom is 0.222 e. The molecule has 5 nitrogen and oxygen atoms in total. The molecule has 1 aromatic rings. The Balaban J connectivity index is 1.81. The number of H-pyrrole nitrogens is 1. The van der Waals surface area contributed by atoms with Crippen molar-refractivity contribution < 1.29 is 9.90 Å². The Morgan fingerprint density at radius 3 is 3.10 bits per heavy atom. The summed E-state index contributed by atoms with van der Waals surface area (Å²) in [5.74, 6) is 0.204. The number of amides is 1. The van der Waals surface area contributed by atoms with Gasteiger partial charge < -0.3 is 10.0 Å². The van der Waals surface area contributed by atoms with Gasteiger partial charge >= 0.3 is 0 Å². The molecule has 1 amide bonds. The number of nitrogens with zero attached hydrogens (tertiary/aromatic N) is 2. The van der Waals surface area contributed by atoms with Crippen LogP contribution in [0.25, 0.3) is 0 Å². The lowest BCUT2D eigenvalue weighted by Crippen LogP contribution is -2.37. The topological polar surface area (TPSA) is 69.2 Å². The van der Waals surface area contributed by atoms with Crippen LogP contribution < -0.4 is 0 Å². The van der Waals surface area contributed by atoms with E-state index in [2.05, 4.69) is 24.0 Å². The van der Waals surface area contributed by atoms with Crippen molar-refractivity contribution in [3.8, 4) is 0 Å². The summed E-state index contributed by atoms with van der Waals surface area (Å²) in [6, 6.07) is 0. The zero-order valence-corrected chi connectivity index (χ0v) is 12.4. The van der Waals surface area contributed by atoms with Gasteiger partial charge in [-0.15, -0.1) is 0 Å². The van der Waals surface area contributed by atoms with Gasteiger partial charge in [-0.25, -0.2) is 0 Å². The summed E-state index contributed by atoms with van der Waals surface area (Å²) in [6.07, 6.45) is 7.14. The number of nitrogens with one attached hydrogen (secondary N) is 1. The molecule has 1 atom stereocenters. The normalized spacial score (nSPS) is 22.6. The number of carbonyl (C=O) groups excluding carboxylic acids is 1. The number of aromatic amines is 1. The molecule has 0 aromatic carbocycles. The Kier molecular flexibility index (Phi) is 4.81. The van der Waals surface area contributed by atoms with E-state index in [9.17, 15) is 9.90 Å². The molecule has 0 saturated carbocycles. The Morgan fingerprint density at radius 2 is 2.40 bits per heavy atom. The molecule has 0 aliphatic carbocycles. The number of aromatic nitrogens is 2. The van der Waals surface area contributed by atoms with E-state index in [1.807, 2.05) is 11.1 Å². The molecule has 1 fully saturated rings. The minimum atomic E-state index is -0.284. The summed E-state index contributed by atoms with van der Waals surface area (Å²) in [4.78, 5) is 14.2. The Labute approximate surface area is 120 Å². The molecule has 20 heavy (non-hydrogen) atoms. The van der Waals surface area contributed by atoms with E-state index in [1.54, 1.807) is 6.20 Å². The van der Waals surface area contributed by atoms with Gasteiger partial charge in [-0.1, -0.05) is 13.8 Å². The quantitative estimate of drug-likeness (QED) is 0.882. The van der Waals surface area contributed by atoms with E-state index in [1.165, 1.54) is 0 Å². The fourth-order valence-corrected chi connectivity index (χ4v) is 2.93. The van der Waals surface area contributed by atoms with Gasteiger partial charge in [0.1, 0.15) is 0 Å². The lowest BCUT2D eigenvalue weighted by atomic mass is 9.87. The van der Waals surface area contributed by atoms with Crippen LogP contribution in [0.15, 0.2) is 12.4 Å². The van der Waals surface area contributed by atoms with Crippen molar-refractivity contribution in [2.24, 2.45) is 5.41 Å². The van der Waals surface area contributed by atoms with Crippen LogP contribution in [0, 0.1) is 5.41 Å². The largest absolute Gasteiger partial charge is 0.393 e. The van der Waals surface area contributed by atoms with Gasteiger partial charge in [0.05, 0.1) is 12.3 Å². The van der Waals surface area contributed by atoms with E-state index in [-0.39, 0.29) is 17.4 Å². The number of aliphatic hydroxyl groups excluding tert-OH is 1. The van der Waals surface area contributed by atoms with Crippen molar-refractivity contribution in [1.82, 2.24) is 15.1 Å². The molecule has 5 heteroatoms. The maximum atomic E-state index is 12.3. The standard InChI is InChI=1S/C15H25N3O2/c1-15(2)8-13(19)6-7-18(11-15)14(20)5-3-4-12-9-16-17-10-12/h9-10,13,19H,3-8,11H2,1-2H3,(H,16,17)/t13-/m0/s1. The second-order valence-corrected chi connectivity index (χ2v) is 6.59. The molecule has 0 radical (unpaired) electrons. The number of aryl methyl sites for hydroxylation is 1. The number of rotatable bonds is 4. The number of hydrogen-bond acceptors (Lipinski definition) is 3. The van der Waals surface area contributed by atoms with Crippen LogP contribution in [0.3, 0.4) is 0 Å². The van der Waals surface area contributed by atoms with E-state index in [0.717, 1.165) is 31.4 Å². The highest BCUT2D eigenvalue weighted by molar-refractivity contribution is 5.76. The average Bonchev–Trinajstić information content (AvgIpc) is 2.81. The van der Waals surface area contributed by atoms with E-state index in [0.29, 0.717) is 19.4 Å². The summed E-state index contributed by atoms with van der Waals surface area (Å²) in [6.45, 7) is 5.66. The smallest absolute Gasteiger partial charge is 0.222 e. The second kappa shape index (κ2) is 6.39. The molecule has 1 saturated heterocycles. The third kappa shape index (κ3) is 4.34. The molecular weight excluding hydrogens is 254 g/mol. The molecule has 112 valence electrons. The molecule has 2 heterocycles. The first-order valence-electron chi connectivity index (χ1n) is 7.40. The Hall–Kier alpha value is -1.36. The monoisotopic (exact) mass is 279 g/mol. The highest BCUT2D eigenvalue weighted by atomic mass is 16.3. The first kappa shape index (κ1) is 15.0. The highest BCUT2D eigenvalue weighted by Crippen LogP contribution is 2.28. The first-order chi connectivity index (χ1) is 9.46. The molecule has 0 unspecified atom stereocenters. The van der Waals surface area contributed by atoms with Crippen molar-refractivity contribution in [3.05, 3.63) is 18.0 Å². The number of likely N-dealkylation sites (tertiary alicyclic amines) is 1. The van der Waals surface area contributed by atoms with Crippen LogP contribution >= 0.6 is 0 Å². The zero-order valence-electron chi connectivity index (χ0n) is 12.4. The van der Waals surface area contributed by atoms with Crippen LogP contribution in [0.4, 0.5) is 0 Å². The van der Waals surface area contributed by atoms with Crippen LogP contribution in [0.1, 0.15) is 45.1 Å². The minimum Gasteiger partial charge on any atom is -0.393 e. The third-order valence-electron chi connectivity index (χ3n) is 3.90. The fraction of sp³-hybridized carbons (Fsp3) is 0.733. The first-order valence-corrected chi connectivity index (χ1v) is 7.40. The molecular formula is C15H25N3O2. The Bertz CT molecular complexity index is 428. The van der Waals surface area contributed by atoms with Crippen molar-refractivity contribution in [1.29, 1.82) is 0 Å².